The first-order valence-electron chi connectivity index (χ1n) is 25.6. The van der Waals surface area contributed by atoms with E-state index in [0.29, 0.717) is 6.54 Å². The number of aliphatic hydroxyl groups excluding tert-OH is 1. The van der Waals surface area contributed by atoms with Crippen molar-refractivity contribution in [2.45, 2.75) is 251 Å². The van der Waals surface area contributed by atoms with Gasteiger partial charge in [0.1, 0.15) is 0 Å². The summed E-state index contributed by atoms with van der Waals surface area (Å²) in [6.07, 6.45) is 56.1. The molecule has 3 rings (SSSR count). The number of amides is 3. The van der Waals surface area contributed by atoms with E-state index >= 15 is 0 Å². The second-order valence-electron chi connectivity index (χ2n) is 18.4. The lowest BCUT2D eigenvalue weighted by atomic mass is 9.85. The highest BCUT2D eigenvalue weighted by Gasteiger charge is 2.46. The average Bonchev–Trinajstić information content (AvgIpc) is 3.49. The normalized spacial score (nSPS) is 20.0. The van der Waals surface area contributed by atoms with Crippen LogP contribution >= 0.6 is 0 Å². The Bertz CT molecular complexity index is 1030. The number of rotatable bonds is 37. The lowest BCUT2D eigenvalue weighted by Gasteiger charge is -2.35. The van der Waals surface area contributed by atoms with E-state index in [1.54, 1.807) is 4.90 Å². The van der Waals surface area contributed by atoms with Gasteiger partial charge < -0.3 is 10.0 Å². The van der Waals surface area contributed by atoms with Crippen molar-refractivity contribution < 1.29 is 19.5 Å². The van der Waals surface area contributed by atoms with Gasteiger partial charge in [0.15, 0.2) is 0 Å². The second-order valence-corrected chi connectivity index (χ2v) is 18.4. The minimum Gasteiger partial charge on any atom is -0.396 e. The van der Waals surface area contributed by atoms with Gasteiger partial charge in [-0.1, -0.05) is 231 Å². The zero-order valence-corrected chi connectivity index (χ0v) is 38.3. The number of carbonyl (C=O) groups excluding carboxylic acids is 3. The van der Waals surface area contributed by atoms with E-state index < -0.39 is 0 Å². The molecule has 3 amide bonds. The molecule has 0 aromatic rings. The van der Waals surface area contributed by atoms with Crippen LogP contribution in [0.25, 0.3) is 0 Å². The fourth-order valence-corrected chi connectivity index (χ4v) is 9.51. The molecule has 0 spiro atoms. The zero-order chi connectivity index (χ0) is 41.7. The molecular formula is C52H94N2O4. The van der Waals surface area contributed by atoms with Gasteiger partial charge in [0.25, 0.3) is 0 Å². The van der Waals surface area contributed by atoms with Crippen molar-refractivity contribution >= 4 is 18.2 Å². The number of allylic oxidation sites excluding steroid dienone is 3. The van der Waals surface area contributed by atoms with Crippen LogP contribution in [0.5, 0.6) is 0 Å². The van der Waals surface area contributed by atoms with E-state index in [2.05, 4.69) is 38.2 Å². The maximum atomic E-state index is 12.4. The van der Waals surface area contributed by atoms with Crippen molar-refractivity contribution in [2.75, 3.05) is 19.7 Å². The first kappa shape index (κ1) is 52.2. The molecule has 6 heteroatoms. The molecule has 3 aliphatic rings. The summed E-state index contributed by atoms with van der Waals surface area (Å²) < 4.78 is 0. The average molecular weight is 811 g/mol. The van der Waals surface area contributed by atoms with Crippen molar-refractivity contribution in [3.05, 3.63) is 24.3 Å². The highest BCUT2D eigenvalue weighted by Crippen LogP contribution is 2.35. The van der Waals surface area contributed by atoms with Gasteiger partial charge in [0, 0.05) is 31.7 Å². The number of fused-ring (bicyclic) bond motifs is 1. The van der Waals surface area contributed by atoms with Crippen LogP contribution in [0.4, 0.5) is 0 Å². The number of hydrogen-bond donors (Lipinski definition) is 1. The van der Waals surface area contributed by atoms with E-state index in [4.69, 9.17) is 0 Å². The molecule has 58 heavy (non-hydrogen) atoms. The van der Waals surface area contributed by atoms with Gasteiger partial charge in [-0.25, -0.2) is 0 Å². The highest BCUT2D eigenvalue weighted by molar-refractivity contribution is 6.05. The van der Waals surface area contributed by atoms with Gasteiger partial charge in [-0.15, -0.1) is 0 Å². The Morgan fingerprint density at radius 1 is 0.500 bits per heavy atom. The molecule has 1 aliphatic heterocycles. The minimum atomic E-state index is -0.0615. The molecule has 336 valence electrons. The Balaban J connectivity index is 0.000000400. The first-order valence-corrected chi connectivity index (χ1v) is 25.6. The van der Waals surface area contributed by atoms with Gasteiger partial charge in [-0.05, 0) is 38.5 Å². The fraction of sp³-hybridized carbons (Fsp3) is 0.865. The smallest absolute Gasteiger partial charge is 0.233 e. The Labute approximate surface area is 359 Å². The Hall–Kier alpha value is -1.95. The standard InChI is InChI=1S/C26H45NO2.C26H49NO2/c1-2-3-4-5-6-7-8-9-10-11-12-13-14-15-16-19-22-27-25(28)23-20-17-18-21-24(23)26(27)29;1-2-3-4-5-6-7-8-9-10-11-12-13-14-15-16-19-22-27(24-29)26-21-18-17-20-25(26)23-28/h17-18,23-24H,2-16,19-22H2,1H3;17-18,24-26,28H,2-16,19-23H2,1H3. The second kappa shape index (κ2) is 36.9. The molecule has 4 unspecified atom stereocenters. The molecule has 0 saturated carbocycles. The monoisotopic (exact) mass is 811 g/mol. The molecule has 1 N–H and O–H groups in total. The molecule has 0 bridgehead atoms. The summed E-state index contributed by atoms with van der Waals surface area (Å²) in [4.78, 5) is 39.8. The summed E-state index contributed by atoms with van der Waals surface area (Å²) in [6.45, 7) is 6.23. The van der Waals surface area contributed by atoms with E-state index in [1.807, 2.05) is 4.90 Å². The highest BCUT2D eigenvalue weighted by atomic mass is 16.3. The molecule has 2 aliphatic carbocycles. The number of unbranched alkanes of at least 4 members (excludes halogenated alkanes) is 30. The van der Waals surface area contributed by atoms with E-state index in [0.717, 1.165) is 57.9 Å². The number of likely N-dealkylation sites (tertiary alicyclic amines) is 1. The van der Waals surface area contributed by atoms with Crippen LogP contribution in [0.1, 0.15) is 245 Å². The topological polar surface area (TPSA) is 77.9 Å². The number of hydrogen-bond acceptors (Lipinski definition) is 4. The van der Waals surface area contributed by atoms with Crippen LogP contribution in [0.3, 0.4) is 0 Å². The van der Waals surface area contributed by atoms with Gasteiger partial charge >= 0.3 is 0 Å². The van der Waals surface area contributed by atoms with Gasteiger partial charge in [-0.2, -0.15) is 0 Å². The van der Waals surface area contributed by atoms with Crippen LogP contribution < -0.4 is 0 Å². The first-order chi connectivity index (χ1) is 28.6. The van der Waals surface area contributed by atoms with Crippen LogP contribution in [0.15, 0.2) is 24.3 Å². The third kappa shape index (κ3) is 23.7. The van der Waals surface area contributed by atoms with Crippen LogP contribution in [-0.2, 0) is 14.4 Å². The van der Waals surface area contributed by atoms with E-state index in [9.17, 15) is 19.5 Å². The number of imide groups is 1. The summed E-state index contributed by atoms with van der Waals surface area (Å²) in [6, 6.07) is 0.193. The van der Waals surface area contributed by atoms with Crippen molar-refractivity contribution in [2.24, 2.45) is 17.8 Å². The lowest BCUT2D eigenvalue weighted by Crippen LogP contribution is -2.42. The predicted octanol–water partition coefficient (Wildman–Crippen LogP) is 14.2. The van der Waals surface area contributed by atoms with Crippen molar-refractivity contribution in [1.29, 1.82) is 0 Å². The van der Waals surface area contributed by atoms with Crippen LogP contribution in [0.2, 0.25) is 0 Å². The summed E-state index contributed by atoms with van der Waals surface area (Å²) in [5.41, 5.74) is 0. The summed E-state index contributed by atoms with van der Waals surface area (Å²) in [5, 5.41) is 9.54. The third-order valence-corrected chi connectivity index (χ3v) is 13.4. The maximum absolute atomic E-state index is 12.4. The molecule has 0 aromatic heterocycles. The molecule has 1 fully saturated rings. The molecule has 0 radical (unpaired) electrons. The van der Waals surface area contributed by atoms with Crippen molar-refractivity contribution in [3.63, 3.8) is 0 Å². The number of carbonyl (C=O) groups is 3. The summed E-state index contributed by atoms with van der Waals surface area (Å²) in [7, 11) is 0. The number of nitrogens with zero attached hydrogens (tertiary/aromatic N) is 2. The van der Waals surface area contributed by atoms with Gasteiger partial charge in [0.05, 0.1) is 11.8 Å². The number of aliphatic hydroxyl groups is 1. The lowest BCUT2D eigenvalue weighted by molar-refractivity contribution is -0.140. The summed E-state index contributed by atoms with van der Waals surface area (Å²) in [5.74, 6) is 0.268. The predicted molar refractivity (Wildman–Crippen MR) is 247 cm³/mol. The Morgan fingerprint density at radius 3 is 1.19 bits per heavy atom. The van der Waals surface area contributed by atoms with Crippen LogP contribution in [0, 0.1) is 17.8 Å². The Morgan fingerprint density at radius 2 is 0.828 bits per heavy atom. The van der Waals surface area contributed by atoms with Gasteiger partial charge in [0.2, 0.25) is 18.2 Å². The molecular weight excluding hydrogens is 717 g/mol. The molecule has 1 saturated heterocycles. The fourth-order valence-electron chi connectivity index (χ4n) is 9.51. The van der Waals surface area contributed by atoms with Crippen molar-refractivity contribution in [3.8, 4) is 0 Å². The van der Waals surface area contributed by atoms with E-state index in [1.165, 1.54) is 186 Å². The third-order valence-electron chi connectivity index (χ3n) is 13.4. The van der Waals surface area contributed by atoms with E-state index in [-0.39, 0.29) is 42.2 Å². The van der Waals surface area contributed by atoms with Crippen LogP contribution in [-0.4, -0.2) is 58.9 Å². The Kier molecular flexibility index (Phi) is 33.2. The quantitative estimate of drug-likeness (QED) is 0.0293. The zero-order valence-electron chi connectivity index (χ0n) is 38.3. The molecule has 1 heterocycles. The molecule has 4 atom stereocenters. The van der Waals surface area contributed by atoms with Crippen molar-refractivity contribution in [1.82, 2.24) is 9.80 Å². The van der Waals surface area contributed by atoms with Gasteiger partial charge in [-0.3, -0.25) is 19.3 Å². The summed E-state index contributed by atoms with van der Waals surface area (Å²) >= 11 is 0. The maximum Gasteiger partial charge on any atom is 0.233 e. The molecule has 6 nitrogen and oxygen atoms in total. The minimum absolute atomic E-state index is 0.0615. The largest absolute Gasteiger partial charge is 0.396 e. The SMILES string of the molecule is CCCCCCCCCCCCCCCCCCN(C=O)C1CC=CCC1CO.CCCCCCCCCCCCCCCCCCN1C(=O)C2CC=CCC2C1=O. The molecule has 0 aromatic carbocycles.